The second kappa shape index (κ2) is 4.92. The van der Waals surface area contributed by atoms with Crippen LogP contribution in [0.5, 0.6) is 0 Å². The number of nitrogens with one attached hydrogen (secondary N) is 1. The molecule has 0 fully saturated rings. The van der Waals surface area contributed by atoms with Crippen LogP contribution in [-0.2, 0) is 0 Å². The van der Waals surface area contributed by atoms with Crippen molar-refractivity contribution < 1.29 is 4.79 Å². The van der Waals surface area contributed by atoms with Crippen LogP contribution in [0.3, 0.4) is 0 Å². The highest BCUT2D eigenvalue weighted by Crippen LogP contribution is 2.20. The highest BCUT2D eigenvalue weighted by molar-refractivity contribution is 6.33. The lowest BCUT2D eigenvalue weighted by molar-refractivity contribution is 0.0910. The third kappa shape index (κ3) is 3.60. The van der Waals surface area contributed by atoms with E-state index >= 15 is 0 Å². The number of rotatable bonds is 2. The standard InChI is InChI=1S/C12H18ClN3O/c1-7(12(2,3)4)16-11(17)8-5-9(13)10(14)15-6-8/h5-7H,1-4H3,(H2,14,15)(H,16,17). The van der Waals surface area contributed by atoms with Gasteiger partial charge in [0.15, 0.2) is 0 Å². The lowest BCUT2D eigenvalue weighted by atomic mass is 9.88. The van der Waals surface area contributed by atoms with E-state index in [-0.39, 0.29) is 23.2 Å². The fraction of sp³-hybridized carbons (Fsp3) is 0.500. The average Bonchev–Trinajstić information content (AvgIpc) is 2.20. The summed E-state index contributed by atoms with van der Waals surface area (Å²) in [5.74, 6) is 0.0360. The van der Waals surface area contributed by atoms with Crippen LogP contribution in [0.2, 0.25) is 5.02 Å². The van der Waals surface area contributed by atoms with Gasteiger partial charge in [0.05, 0.1) is 10.6 Å². The molecule has 1 unspecified atom stereocenters. The molecule has 0 aromatic carbocycles. The van der Waals surface area contributed by atoms with Gasteiger partial charge in [0.1, 0.15) is 5.82 Å². The number of amides is 1. The van der Waals surface area contributed by atoms with Gasteiger partial charge in [-0.15, -0.1) is 0 Å². The van der Waals surface area contributed by atoms with Crippen molar-refractivity contribution in [3.8, 4) is 0 Å². The van der Waals surface area contributed by atoms with Crippen LogP contribution >= 0.6 is 11.6 Å². The molecule has 17 heavy (non-hydrogen) atoms. The molecule has 1 rings (SSSR count). The number of nitrogens with two attached hydrogens (primary N) is 1. The number of pyridine rings is 1. The predicted octanol–water partition coefficient (Wildman–Crippen LogP) is 2.48. The Kier molecular flexibility index (Phi) is 3.98. The smallest absolute Gasteiger partial charge is 0.253 e. The summed E-state index contributed by atoms with van der Waals surface area (Å²) in [5, 5.41) is 3.20. The Morgan fingerprint density at radius 3 is 2.59 bits per heavy atom. The second-order valence-corrected chi connectivity index (χ2v) is 5.56. The molecule has 0 aliphatic rings. The number of anilines is 1. The lowest BCUT2D eigenvalue weighted by Crippen LogP contribution is -2.41. The van der Waals surface area contributed by atoms with Gasteiger partial charge in [0, 0.05) is 12.2 Å². The molecule has 0 aliphatic heterocycles. The maximum atomic E-state index is 11.9. The summed E-state index contributed by atoms with van der Waals surface area (Å²) in [6, 6.07) is 1.57. The summed E-state index contributed by atoms with van der Waals surface area (Å²) in [6.07, 6.45) is 1.42. The molecule has 0 aliphatic carbocycles. The van der Waals surface area contributed by atoms with Crippen LogP contribution in [0.4, 0.5) is 5.82 Å². The first-order chi connectivity index (χ1) is 7.71. The van der Waals surface area contributed by atoms with Crippen molar-refractivity contribution in [2.75, 3.05) is 5.73 Å². The first-order valence-corrected chi connectivity index (χ1v) is 5.81. The molecule has 1 amide bonds. The van der Waals surface area contributed by atoms with Crippen molar-refractivity contribution in [3.63, 3.8) is 0 Å². The van der Waals surface area contributed by atoms with Crippen molar-refractivity contribution in [1.82, 2.24) is 10.3 Å². The Balaban J connectivity index is 2.80. The molecule has 0 bridgehead atoms. The Bertz CT molecular complexity index is 426. The normalized spacial score (nSPS) is 13.2. The summed E-state index contributed by atoms with van der Waals surface area (Å²) in [5.41, 5.74) is 5.90. The number of carbonyl (C=O) groups excluding carboxylic acids is 1. The maximum Gasteiger partial charge on any atom is 0.253 e. The van der Waals surface area contributed by atoms with Gasteiger partial charge in [0.2, 0.25) is 0 Å². The van der Waals surface area contributed by atoms with E-state index in [1.807, 2.05) is 6.92 Å². The summed E-state index contributed by atoms with van der Waals surface area (Å²) in [6.45, 7) is 8.15. The predicted molar refractivity (Wildman–Crippen MR) is 70.0 cm³/mol. The minimum absolute atomic E-state index is 0.000686. The Morgan fingerprint density at radius 2 is 2.12 bits per heavy atom. The van der Waals surface area contributed by atoms with E-state index in [4.69, 9.17) is 17.3 Å². The van der Waals surface area contributed by atoms with Crippen molar-refractivity contribution >= 4 is 23.3 Å². The van der Waals surface area contributed by atoms with E-state index in [0.29, 0.717) is 10.6 Å². The molecule has 1 aromatic heterocycles. The molecule has 1 atom stereocenters. The molecule has 1 aromatic rings. The largest absolute Gasteiger partial charge is 0.382 e. The summed E-state index contributed by atoms with van der Waals surface area (Å²) in [7, 11) is 0. The third-order valence-corrected chi connectivity index (χ3v) is 3.08. The quantitative estimate of drug-likeness (QED) is 0.853. The van der Waals surface area contributed by atoms with Gasteiger partial charge in [-0.05, 0) is 18.4 Å². The van der Waals surface area contributed by atoms with Gasteiger partial charge >= 0.3 is 0 Å². The number of nitrogens with zero attached hydrogens (tertiary/aromatic N) is 1. The molecule has 4 nitrogen and oxygen atoms in total. The SMILES string of the molecule is CC(NC(=O)c1cnc(N)c(Cl)c1)C(C)(C)C. The van der Waals surface area contributed by atoms with Gasteiger partial charge in [-0.3, -0.25) is 4.79 Å². The highest BCUT2D eigenvalue weighted by Gasteiger charge is 2.22. The van der Waals surface area contributed by atoms with Crippen molar-refractivity contribution in [1.29, 1.82) is 0 Å². The number of nitrogen functional groups attached to an aromatic ring is 1. The first kappa shape index (κ1) is 13.8. The first-order valence-electron chi connectivity index (χ1n) is 5.43. The number of aromatic nitrogens is 1. The van der Waals surface area contributed by atoms with E-state index in [1.165, 1.54) is 12.3 Å². The van der Waals surface area contributed by atoms with Crippen molar-refractivity contribution in [2.24, 2.45) is 5.41 Å². The van der Waals surface area contributed by atoms with E-state index in [9.17, 15) is 4.79 Å². The second-order valence-electron chi connectivity index (χ2n) is 5.15. The van der Waals surface area contributed by atoms with E-state index in [0.717, 1.165) is 0 Å². The molecule has 0 radical (unpaired) electrons. The van der Waals surface area contributed by atoms with Crippen LogP contribution in [0.15, 0.2) is 12.3 Å². The molecule has 0 saturated carbocycles. The molecule has 5 heteroatoms. The Hall–Kier alpha value is -1.29. The summed E-state index contributed by atoms with van der Waals surface area (Å²) >= 11 is 5.82. The molecule has 0 saturated heterocycles. The molecular formula is C12H18ClN3O. The van der Waals surface area contributed by atoms with Crippen LogP contribution in [-0.4, -0.2) is 16.9 Å². The lowest BCUT2D eigenvalue weighted by Gasteiger charge is -2.28. The average molecular weight is 256 g/mol. The van der Waals surface area contributed by atoms with Gasteiger partial charge in [-0.2, -0.15) is 0 Å². The Morgan fingerprint density at radius 1 is 1.53 bits per heavy atom. The van der Waals surface area contributed by atoms with Gasteiger partial charge in [-0.1, -0.05) is 32.4 Å². The van der Waals surface area contributed by atoms with Crippen LogP contribution < -0.4 is 11.1 Å². The number of hydrogen-bond donors (Lipinski definition) is 2. The fourth-order valence-electron chi connectivity index (χ4n) is 1.07. The molecule has 3 N–H and O–H groups in total. The Labute approximate surface area is 107 Å². The minimum atomic E-state index is -0.193. The van der Waals surface area contributed by atoms with Crippen LogP contribution in [0, 0.1) is 5.41 Å². The zero-order chi connectivity index (χ0) is 13.2. The zero-order valence-electron chi connectivity index (χ0n) is 10.5. The molecular weight excluding hydrogens is 238 g/mol. The number of carbonyl (C=O) groups is 1. The van der Waals surface area contributed by atoms with Crippen LogP contribution in [0.1, 0.15) is 38.1 Å². The summed E-state index contributed by atoms with van der Waals surface area (Å²) in [4.78, 5) is 15.8. The van der Waals surface area contributed by atoms with Gasteiger partial charge in [-0.25, -0.2) is 4.98 Å². The van der Waals surface area contributed by atoms with Crippen molar-refractivity contribution in [2.45, 2.75) is 33.7 Å². The van der Waals surface area contributed by atoms with Crippen molar-refractivity contribution in [3.05, 3.63) is 22.8 Å². The number of hydrogen-bond acceptors (Lipinski definition) is 3. The number of halogens is 1. The minimum Gasteiger partial charge on any atom is -0.382 e. The van der Waals surface area contributed by atoms with Gasteiger partial charge < -0.3 is 11.1 Å². The van der Waals surface area contributed by atoms with E-state index in [2.05, 4.69) is 31.1 Å². The third-order valence-electron chi connectivity index (χ3n) is 2.78. The topological polar surface area (TPSA) is 68.0 Å². The van der Waals surface area contributed by atoms with E-state index < -0.39 is 0 Å². The van der Waals surface area contributed by atoms with E-state index in [1.54, 1.807) is 0 Å². The molecule has 0 spiro atoms. The molecule has 1 heterocycles. The fourth-order valence-corrected chi connectivity index (χ4v) is 1.24. The molecule has 94 valence electrons. The highest BCUT2D eigenvalue weighted by atomic mass is 35.5. The monoisotopic (exact) mass is 255 g/mol. The van der Waals surface area contributed by atoms with Gasteiger partial charge in [0.25, 0.3) is 5.91 Å². The zero-order valence-corrected chi connectivity index (χ0v) is 11.3. The summed E-state index contributed by atoms with van der Waals surface area (Å²) < 4.78 is 0. The maximum absolute atomic E-state index is 11.9. The van der Waals surface area contributed by atoms with Crippen LogP contribution in [0.25, 0.3) is 0 Å².